The highest BCUT2D eigenvalue weighted by Gasteiger charge is 2.20. The van der Waals surface area contributed by atoms with Crippen LogP contribution in [-0.4, -0.2) is 25.2 Å². The number of methoxy groups -OCH3 is 1. The maximum absolute atomic E-state index is 9.30. The fourth-order valence-electron chi connectivity index (χ4n) is 2.27. The van der Waals surface area contributed by atoms with Crippen LogP contribution in [0.4, 0.5) is 5.82 Å². The Kier molecular flexibility index (Phi) is 3.60. The third-order valence-electron chi connectivity index (χ3n) is 3.03. The molecule has 1 aliphatic rings. The molecule has 0 aromatic carbocycles. The summed E-state index contributed by atoms with van der Waals surface area (Å²) < 4.78 is 5.15. The minimum atomic E-state index is 0.465. The molecule has 0 amide bonds. The summed E-state index contributed by atoms with van der Waals surface area (Å²) in [7, 11) is 1.65. The average molecular weight is 231 g/mol. The van der Waals surface area contributed by atoms with E-state index in [0.29, 0.717) is 12.2 Å². The van der Waals surface area contributed by atoms with Crippen molar-refractivity contribution in [2.75, 3.05) is 25.1 Å². The minimum absolute atomic E-state index is 0.465. The van der Waals surface area contributed by atoms with Gasteiger partial charge in [-0.05, 0) is 25.8 Å². The highest BCUT2D eigenvalue weighted by atomic mass is 16.5. The second-order valence-electron chi connectivity index (χ2n) is 4.36. The van der Waals surface area contributed by atoms with E-state index >= 15 is 0 Å². The lowest BCUT2D eigenvalue weighted by atomic mass is 10.1. The van der Waals surface area contributed by atoms with Crippen LogP contribution in [-0.2, 0) is 11.3 Å². The zero-order chi connectivity index (χ0) is 12.3. The lowest BCUT2D eigenvalue weighted by Gasteiger charge is -2.19. The summed E-state index contributed by atoms with van der Waals surface area (Å²) in [5.41, 5.74) is 2.54. The van der Waals surface area contributed by atoms with Crippen molar-refractivity contribution >= 4 is 5.82 Å². The van der Waals surface area contributed by atoms with Crippen LogP contribution in [0.25, 0.3) is 0 Å². The summed E-state index contributed by atoms with van der Waals surface area (Å²) in [6.07, 6.45) is 2.36. The summed E-state index contributed by atoms with van der Waals surface area (Å²) >= 11 is 0. The quantitative estimate of drug-likeness (QED) is 0.798. The highest BCUT2D eigenvalue weighted by molar-refractivity contribution is 5.58. The molecule has 2 heterocycles. The molecule has 0 spiro atoms. The summed E-state index contributed by atoms with van der Waals surface area (Å²) in [5.74, 6) is 0.831. The first-order valence-corrected chi connectivity index (χ1v) is 5.90. The Balaban J connectivity index is 2.45. The zero-order valence-electron chi connectivity index (χ0n) is 10.4. The van der Waals surface area contributed by atoms with Gasteiger partial charge in [0.2, 0.25) is 0 Å². The van der Waals surface area contributed by atoms with Crippen LogP contribution in [0.2, 0.25) is 0 Å². The Bertz CT molecular complexity index is 445. The van der Waals surface area contributed by atoms with Gasteiger partial charge in [0, 0.05) is 31.5 Å². The largest absolute Gasteiger partial charge is 0.380 e. The van der Waals surface area contributed by atoms with E-state index in [-0.39, 0.29) is 0 Å². The van der Waals surface area contributed by atoms with Crippen LogP contribution in [0, 0.1) is 18.3 Å². The Morgan fingerprint density at radius 1 is 1.47 bits per heavy atom. The molecule has 0 atom stereocenters. The van der Waals surface area contributed by atoms with Crippen molar-refractivity contribution in [1.82, 2.24) is 4.98 Å². The number of nitriles is 1. The molecule has 1 fully saturated rings. The van der Waals surface area contributed by atoms with Crippen molar-refractivity contribution in [1.29, 1.82) is 5.26 Å². The number of anilines is 1. The number of hydrogen-bond acceptors (Lipinski definition) is 4. The van der Waals surface area contributed by atoms with Gasteiger partial charge in [-0.15, -0.1) is 0 Å². The third kappa shape index (κ3) is 2.40. The molecule has 1 aliphatic heterocycles. The molecular formula is C13H17N3O. The Morgan fingerprint density at radius 2 is 2.18 bits per heavy atom. The zero-order valence-corrected chi connectivity index (χ0v) is 10.4. The van der Waals surface area contributed by atoms with Crippen LogP contribution in [0.5, 0.6) is 0 Å². The standard InChI is InChI=1S/C13H17N3O/c1-10-7-11(9-17-2)12(8-14)13(15-10)16-5-3-4-6-16/h7H,3-6,9H2,1-2H3. The van der Waals surface area contributed by atoms with Gasteiger partial charge in [0.15, 0.2) is 0 Å². The molecule has 0 bridgehead atoms. The van der Waals surface area contributed by atoms with Gasteiger partial charge in [0.05, 0.1) is 6.61 Å². The van der Waals surface area contributed by atoms with E-state index in [0.717, 1.165) is 30.2 Å². The molecule has 1 saturated heterocycles. The van der Waals surface area contributed by atoms with Crippen molar-refractivity contribution < 1.29 is 4.74 Å². The third-order valence-corrected chi connectivity index (χ3v) is 3.03. The molecule has 0 saturated carbocycles. The Labute approximate surface area is 102 Å². The maximum atomic E-state index is 9.30. The molecule has 4 heteroatoms. The fraction of sp³-hybridized carbons (Fsp3) is 0.538. The van der Waals surface area contributed by atoms with Gasteiger partial charge in [-0.1, -0.05) is 0 Å². The van der Waals surface area contributed by atoms with Gasteiger partial charge in [-0.3, -0.25) is 0 Å². The summed E-state index contributed by atoms with van der Waals surface area (Å²) in [6, 6.07) is 4.20. The van der Waals surface area contributed by atoms with Gasteiger partial charge >= 0.3 is 0 Å². The van der Waals surface area contributed by atoms with E-state index in [1.54, 1.807) is 7.11 Å². The van der Waals surface area contributed by atoms with Crippen molar-refractivity contribution in [3.05, 3.63) is 22.9 Å². The summed E-state index contributed by atoms with van der Waals surface area (Å²) in [4.78, 5) is 6.72. The number of hydrogen-bond donors (Lipinski definition) is 0. The Morgan fingerprint density at radius 3 is 2.76 bits per heavy atom. The second-order valence-corrected chi connectivity index (χ2v) is 4.36. The monoisotopic (exact) mass is 231 g/mol. The maximum Gasteiger partial charge on any atom is 0.147 e. The van der Waals surface area contributed by atoms with E-state index in [9.17, 15) is 5.26 Å². The second kappa shape index (κ2) is 5.15. The van der Waals surface area contributed by atoms with Gasteiger partial charge in [-0.2, -0.15) is 5.26 Å². The van der Waals surface area contributed by atoms with E-state index in [1.807, 2.05) is 13.0 Å². The highest BCUT2D eigenvalue weighted by Crippen LogP contribution is 2.25. The number of nitrogens with zero attached hydrogens (tertiary/aromatic N) is 3. The molecule has 2 rings (SSSR count). The first-order chi connectivity index (χ1) is 8.26. The number of aromatic nitrogens is 1. The molecule has 17 heavy (non-hydrogen) atoms. The van der Waals surface area contributed by atoms with E-state index in [1.165, 1.54) is 12.8 Å². The molecule has 0 N–H and O–H groups in total. The molecule has 4 nitrogen and oxygen atoms in total. The van der Waals surface area contributed by atoms with Crippen LogP contribution in [0.3, 0.4) is 0 Å². The minimum Gasteiger partial charge on any atom is -0.380 e. The predicted octanol–water partition coefficient (Wildman–Crippen LogP) is 2.01. The topological polar surface area (TPSA) is 49.1 Å². The van der Waals surface area contributed by atoms with Crippen molar-refractivity contribution in [2.45, 2.75) is 26.4 Å². The van der Waals surface area contributed by atoms with Crippen LogP contribution >= 0.6 is 0 Å². The van der Waals surface area contributed by atoms with Crippen molar-refractivity contribution in [2.24, 2.45) is 0 Å². The first-order valence-electron chi connectivity index (χ1n) is 5.90. The molecule has 1 aromatic heterocycles. The lowest BCUT2D eigenvalue weighted by molar-refractivity contribution is 0.184. The fourth-order valence-corrected chi connectivity index (χ4v) is 2.27. The normalized spacial score (nSPS) is 15.0. The summed E-state index contributed by atoms with van der Waals surface area (Å²) in [6.45, 7) is 4.42. The van der Waals surface area contributed by atoms with Gasteiger partial charge in [-0.25, -0.2) is 4.98 Å². The van der Waals surface area contributed by atoms with E-state index in [2.05, 4.69) is 16.0 Å². The number of rotatable bonds is 3. The van der Waals surface area contributed by atoms with Gasteiger partial charge in [0.1, 0.15) is 17.5 Å². The van der Waals surface area contributed by atoms with Crippen LogP contribution in [0.1, 0.15) is 29.7 Å². The molecular weight excluding hydrogens is 214 g/mol. The molecule has 0 radical (unpaired) electrons. The summed E-state index contributed by atoms with van der Waals surface area (Å²) in [5, 5.41) is 9.30. The van der Waals surface area contributed by atoms with Crippen molar-refractivity contribution in [3.63, 3.8) is 0 Å². The van der Waals surface area contributed by atoms with E-state index < -0.39 is 0 Å². The van der Waals surface area contributed by atoms with Gasteiger partial charge in [0.25, 0.3) is 0 Å². The SMILES string of the molecule is COCc1cc(C)nc(N2CCCC2)c1C#N. The molecule has 0 aliphatic carbocycles. The van der Waals surface area contributed by atoms with Crippen LogP contribution in [0.15, 0.2) is 6.07 Å². The number of ether oxygens (including phenoxy) is 1. The number of pyridine rings is 1. The van der Waals surface area contributed by atoms with Gasteiger partial charge < -0.3 is 9.64 Å². The predicted molar refractivity (Wildman–Crippen MR) is 65.8 cm³/mol. The Hall–Kier alpha value is -1.60. The smallest absolute Gasteiger partial charge is 0.147 e. The van der Waals surface area contributed by atoms with Crippen LogP contribution < -0.4 is 4.90 Å². The first kappa shape index (κ1) is 11.9. The number of aryl methyl sites for hydroxylation is 1. The average Bonchev–Trinajstić information content (AvgIpc) is 2.82. The lowest BCUT2D eigenvalue weighted by Crippen LogP contribution is -2.21. The van der Waals surface area contributed by atoms with E-state index in [4.69, 9.17) is 4.74 Å². The molecule has 90 valence electrons. The molecule has 1 aromatic rings. The molecule has 0 unspecified atom stereocenters. The van der Waals surface area contributed by atoms with Crippen molar-refractivity contribution in [3.8, 4) is 6.07 Å².